The van der Waals surface area contributed by atoms with Gasteiger partial charge in [0, 0.05) is 6.20 Å². The van der Waals surface area contributed by atoms with E-state index in [0.717, 1.165) is 5.56 Å². The first-order valence-corrected chi connectivity index (χ1v) is 7.41. The second-order valence-corrected chi connectivity index (χ2v) is 5.92. The minimum atomic E-state index is -3.81. The van der Waals surface area contributed by atoms with Crippen LogP contribution in [0.5, 0.6) is 0 Å². The fraction of sp³-hybridized carbons (Fsp3) is 0.143. The lowest BCUT2D eigenvalue weighted by atomic mass is 10.1. The zero-order chi connectivity index (χ0) is 14.6. The molecule has 1 atom stereocenters. The van der Waals surface area contributed by atoms with E-state index in [4.69, 9.17) is 5.26 Å². The Balaban J connectivity index is 2.27. The van der Waals surface area contributed by atoms with Crippen molar-refractivity contribution in [2.75, 3.05) is 0 Å². The molecular formula is C14H13N3O2S. The van der Waals surface area contributed by atoms with Gasteiger partial charge in [-0.25, -0.2) is 13.4 Å². The summed E-state index contributed by atoms with van der Waals surface area (Å²) in [5.74, 6) is 0. The van der Waals surface area contributed by atoms with Crippen molar-refractivity contribution in [3.63, 3.8) is 0 Å². The number of pyridine rings is 1. The summed E-state index contributed by atoms with van der Waals surface area (Å²) in [6.45, 7) is 1.92. The molecule has 102 valence electrons. The lowest BCUT2D eigenvalue weighted by molar-refractivity contribution is 0.571. The molecular weight excluding hydrogens is 274 g/mol. The van der Waals surface area contributed by atoms with Gasteiger partial charge in [0.05, 0.1) is 6.07 Å². The van der Waals surface area contributed by atoms with Gasteiger partial charge in [-0.3, -0.25) is 0 Å². The summed E-state index contributed by atoms with van der Waals surface area (Å²) in [5, 5.41) is 9.06. The smallest absolute Gasteiger partial charge is 0.243 e. The molecule has 5 nitrogen and oxygen atoms in total. The Morgan fingerprint density at radius 1 is 1.20 bits per heavy atom. The fourth-order valence-electron chi connectivity index (χ4n) is 1.65. The van der Waals surface area contributed by atoms with Crippen LogP contribution in [0, 0.1) is 18.3 Å². The van der Waals surface area contributed by atoms with Gasteiger partial charge in [-0.2, -0.15) is 9.98 Å². The normalized spacial score (nSPS) is 12.6. The summed E-state index contributed by atoms with van der Waals surface area (Å²) in [4.78, 5) is 3.79. The highest BCUT2D eigenvalue weighted by Crippen LogP contribution is 2.16. The Bertz CT molecular complexity index is 719. The van der Waals surface area contributed by atoms with Crippen LogP contribution in [-0.4, -0.2) is 13.4 Å². The number of sulfonamides is 1. The minimum absolute atomic E-state index is 0.104. The van der Waals surface area contributed by atoms with Crippen molar-refractivity contribution in [1.29, 1.82) is 5.26 Å². The summed E-state index contributed by atoms with van der Waals surface area (Å²) in [6.07, 6.45) is 1.39. The molecule has 20 heavy (non-hydrogen) atoms. The Kier molecular flexibility index (Phi) is 4.13. The van der Waals surface area contributed by atoms with E-state index in [2.05, 4.69) is 9.71 Å². The number of benzene rings is 1. The van der Waals surface area contributed by atoms with E-state index in [0.29, 0.717) is 5.56 Å². The molecule has 0 fully saturated rings. The number of nitrogens with one attached hydrogen (secondary N) is 1. The third kappa shape index (κ3) is 3.20. The van der Waals surface area contributed by atoms with Crippen LogP contribution in [0.25, 0.3) is 0 Å². The monoisotopic (exact) mass is 287 g/mol. The van der Waals surface area contributed by atoms with Crippen molar-refractivity contribution in [2.45, 2.75) is 18.0 Å². The molecule has 1 N–H and O–H groups in total. The first kappa shape index (κ1) is 14.2. The Morgan fingerprint density at radius 2 is 1.90 bits per heavy atom. The Morgan fingerprint density at radius 3 is 2.45 bits per heavy atom. The predicted molar refractivity (Wildman–Crippen MR) is 74.1 cm³/mol. The average molecular weight is 287 g/mol. The van der Waals surface area contributed by atoms with Gasteiger partial charge in [-0.1, -0.05) is 35.9 Å². The summed E-state index contributed by atoms with van der Waals surface area (Å²) in [5.41, 5.74) is 1.63. The topological polar surface area (TPSA) is 82.9 Å². The first-order valence-electron chi connectivity index (χ1n) is 5.92. The van der Waals surface area contributed by atoms with Crippen LogP contribution in [-0.2, 0) is 10.0 Å². The second kappa shape index (κ2) is 5.82. The van der Waals surface area contributed by atoms with Crippen molar-refractivity contribution >= 4 is 10.0 Å². The SMILES string of the molecule is Cc1ccc([C@H](C#N)NS(=O)(=O)c2ccccn2)cc1. The number of rotatable bonds is 4. The van der Waals surface area contributed by atoms with Gasteiger partial charge < -0.3 is 0 Å². The molecule has 0 amide bonds. The molecule has 2 rings (SSSR count). The third-order valence-electron chi connectivity index (χ3n) is 2.73. The average Bonchev–Trinajstić information content (AvgIpc) is 2.47. The number of hydrogen-bond acceptors (Lipinski definition) is 4. The highest BCUT2D eigenvalue weighted by molar-refractivity contribution is 7.89. The molecule has 0 radical (unpaired) electrons. The summed E-state index contributed by atoms with van der Waals surface area (Å²) >= 11 is 0. The van der Waals surface area contributed by atoms with Gasteiger partial charge in [0.25, 0.3) is 10.0 Å². The number of aromatic nitrogens is 1. The quantitative estimate of drug-likeness (QED) is 0.931. The maximum atomic E-state index is 12.1. The van der Waals surface area contributed by atoms with Crippen molar-refractivity contribution < 1.29 is 8.42 Å². The largest absolute Gasteiger partial charge is 0.259 e. The molecule has 0 spiro atoms. The second-order valence-electron chi connectivity index (χ2n) is 4.26. The standard InChI is InChI=1S/C14H13N3O2S/c1-11-5-7-12(8-6-11)13(10-15)17-20(18,19)14-4-2-3-9-16-14/h2-9,13,17H,1H3/t13-/m0/s1. The number of nitriles is 1. The van der Waals surface area contributed by atoms with E-state index in [-0.39, 0.29) is 5.03 Å². The maximum absolute atomic E-state index is 12.1. The molecule has 0 aliphatic heterocycles. The number of nitrogens with zero attached hydrogens (tertiary/aromatic N) is 2. The van der Waals surface area contributed by atoms with Crippen LogP contribution in [0.1, 0.15) is 17.2 Å². The molecule has 0 saturated carbocycles. The van der Waals surface area contributed by atoms with Gasteiger partial charge in [-0.15, -0.1) is 0 Å². The highest BCUT2D eigenvalue weighted by Gasteiger charge is 2.21. The predicted octanol–water partition coefficient (Wildman–Crippen LogP) is 1.93. The molecule has 1 aromatic carbocycles. The summed E-state index contributed by atoms with van der Waals surface area (Å²) in [6, 6.07) is 12.7. The Hall–Kier alpha value is -2.23. The van der Waals surface area contributed by atoms with Gasteiger partial charge in [-0.05, 0) is 24.6 Å². The van der Waals surface area contributed by atoms with E-state index in [1.807, 2.05) is 25.1 Å². The van der Waals surface area contributed by atoms with Gasteiger partial charge in [0.2, 0.25) is 0 Å². The molecule has 2 aromatic rings. The molecule has 6 heteroatoms. The molecule has 1 aromatic heterocycles. The molecule has 1 heterocycles. The fourth-order valence-corrected chi connectivity index (χ4v) is 2.73. The van der Waals surface area contributed by atoms with Crippen LogP contribution in [0.2, 0.25) is 0 Å². The van der Waals surface area contributed by atoms with Crippen LogP contribution < -0.4 is 4.72 Å². The first-order chi connectivity index (χ1) is 9.53. The van der Waals surface area contributed by atoms with E-state index in [1.54, 1.807) is 24.3 Å². The van der Waals surface area contributed by atoms with E-state index < -0.39 is 16.1 Å². The lowest BCUT2D eigenvalue weighted by Gasteiger charge is -2.12. The zero-order valence-corrected chi connectivity index (χ0v) is 11.6. The van der Waals surface area contributed by atoms with Crippen molar-refractivity contribution in [3.05, 3.63) is 59.8 Å². The molecule has 0 aliphatic carbocycles. The van der Waals surface area contributed by atoms with Crippen molar-refractivity contribution in [1.82, 2.24) is 9.71 Å². The number of aryl methyl sites for hydroxylation is 1. The number of hydrogen-bond donors (Lipinski definition) is 1. The van der Waals surface area contributed by atoms with Crippen LogP contribution >= 0.6 is 0 Å². The van der Waals surface area contributed by atoms with Gasteiger partial charge >= 0.3 is 0 Å². The highest BCUT2D eigenvalue weighted by atomic mass is 32.2. The van der Waals surface area contributed by atoms with E-state index >= 15 is 0 Å². The molecule has 0 bridgehead atoms. The van der Waals surface area contributed by atoms with E-state index in [1.165, 1.54) is 12.3 Å². The minimum Gasteiger partial charge on any atom is -0.243 e. The van der Waals surface area contributed by atoms with Crippen molar-refractivity contribution in [2.24, 2.45) is 0 Å². The summed E-state index contributed by atoms with van der Waals surface area (Å²) in [7, 11) is -3.81. The molecule has 0 unspecified atom stereocenters. The maximum Gasteiger partial charge on any atom is 0.259 e. The molecule has 0 saturated heterocycles. The molecule has 0 aliphatic rings. The van der Waals surface area contributed by atoms with Crippen LogP contribution in [0.3, 0.4) is 0 Å². The lowest BCUT2D eigenvalue weighted by Crippen LogP contribution is -2.28. The van der Waals surface area contributed by atoms with Crippen LogP contribution in [0.15, 0.2) is 53.7 Å². The van der Waals surface area contributed by atoms with Gasteiger partial charge in [0.1, 0.15) is 6.04 Å². The third-order valence-corrected chi connectivity index (χ3v) is 4.06. The van der Waals surface area contributed by atoms with Crippen LogP contribution in [0.4, 0.5) is 0 Å². The van der Waals surface area contributed by atoms with Crippen molar-refractivity contribution in [3.8, 4) is 6.07 Å². The zero-order valence-electron chi connectivity index (χ0n) is 10.8. The summed E-state index contributed by atoms with van der Waals surface area (Å²) < 4.78 is 26.6. The van der Waals surface area contributed by atoms with E-state index in [9.17, 15) is 8.42 Å². The Labute approximate surface area is 118 Å². The van der Waals surface area contributed by atoms with Gasteiger partial charge in [0.15, 0.2) is 5.03 Å².